The molecule has 0 aliphatic heterocycles. The lowest BCUT2D eigenvalue weighted by atomic mass is 10.0. The van der Waals surface area contributed by atoms with Gasteiger partial charge in [0, 0.05) is 12.7 Å². The Morgan fingerprint density at radius 1 is 1.06 bits per heavy atom. The monoisotopic (exact) mass is 240 g/mol. The van der Waals surface area contributed by atoms with Crippen molar-refractivity contribution in [1.82, 2.24) is 4.98 Å². The van der Waals surface area contributed by atoms with E-state index in [1.165, 1.54) is 15.8 Å². The quantitative estimate of drug-likeness (QED) is 0.732. The Hall–Kier alpha value is -1.87. The Labute approximate surface area is 104 Å². The minimum atomic E-state index is 1.07. The van der Waals surface area contributed by atoms with Gasteiger partial charge in [0.1, 0.15) is 0 Å². The highest BCUT2D eigenvalue weighted by Crippen LogP contribution is 2.27. The maximum absolute atomic E-state index is 4.35. The van der Waals surface area contributed by atoms with Crippen molar-refractivity contribution in [2.45, 2.75) is 0 Å². The summed E-state index contributed by atoms with van der Waals surface area (Å²) in [5, 5.41) is 3.16. The molecule has 0 fully saturated rings. The van der Waals surface area contributed by atoms with E-state index in [0.717, 1.165) is 11.2 Å². The summed E-state index contributed by atoms with van der Waals surface area (Å²) in [6, 6.07) is 14.8. The van der Waals surface area contributed by atoms with Crippen molar-refractivity contribution in [1.29, 1.82) is 0 Å². The number of fused-ring (bicyclic) bond motifs is 1. The lowest BCUT2D eigenvalue weighted by Gasteiger charge is -2.05. The standard InChI is InChI=1S/C14H12N2S/c1-15-12-4-2-3-10(7-12)11-5-6-14-13(8-11)16-9-17-14/h2-9,15H,1H3. The van der Waals surface area contributed by atoms with Gasteiger partial charge >= 0.3 is 0 Å². The molecule has 0 amide bonds. The van der Waals surface area contributed by atoms with Crippen LogP contribution in [0.3, 0.4) is 0 Å². The van der Waals surface area contributed by atoms with E-state index in [1.54, 1.807) is 11.3 Å². The zero-order chi connectivity index (χ0) is 11.7. The van der Waals surface area contributed by atoms with Crippen LogP contribution in [0.4, 0.5) is 5.69 Å². The van der Waals surface area contributed by atoms with Crippen LogP contribution in [0.2, 0.25) is 0 Å². The van der Waals surface area contributed by atoms with Crippen molar-refractivity contribution < 1.29 is 0 Å². The summed E-state index contributed by atoms with van der Waals surface area (Å²) in [7, 11) is 1.93. The summed E-state index contributed by atoms with van der Waals surface area (Å²) in [5.74, 6) is 0. The van der Waals surface area contributed by atoms with Crippen LogP contribution < -0.4 is 5.32 Å². The topological polar surface area (TPSA) is 24.9 Å². The van der Waals surface area contributed by atoms with Crippen LogP contribution in [0.25, 0.3) is 21.3 Å². The number of hydrogen-bond donors (Lipinski definition) is 1. The highest BCUT2D eigenvalue weighted by Gasteiger charge is 2.02. The van der Waals surface area contributed by atoms with E-state index in [9.17, 15) is 0 Å². The minimum absolute atomic E-state index is 1.07. The molecule has 0 aliphatic carbocycles. The molecule has 2 aromatic carbocycles. The van der Waals surface area contributed by atoms with Gasteiger partial charge in [0.25, 0.3) is 0 Å². The molecule has 0 radical (unpaired) electrons. The van der Waals surface area contributed by atoms with Gasteiger partial charge in [0.15, 0.2) is 0 Å². The lowest BCUT2D eigenvalue weighted by molar-refractivity contribution is 1.49. The molecule has 2 nitrogen and oxygen atoms in total. The number of hydrogen-bond acceptors (Lipinski definition) is 3. The molecule has 0 atom stereocenters. The van der Waals surface area contributed by atoms with Crippen molar-refractivity contribution in [3.8, 4) is 11.1 Å². The fourth-order valence-electron chi connectivity index (χ4n) is 1.89. The molecular formula is C14H12N2S. The average molecular weight is 240 g/mol. The SMILES string of the molecule is CNc1cccc(-c2ccc3scnc3c2)c1. The minimum Gasteiger partial charge on any atom is -0.388 e. The first kappa shape index (κ1) is 10.3. The van der Waals surface area contributed by atoms with Crippen LogP contribution >= 0.6 is 11.3 Å². The van der Waals surface area contributed by atoms with Gasteiger partial charge in [-0.15, -0.1) is 11.3 Å². The molecule has 84 valence electrons. The van der Waals surface area contributed by atoms with Crippen molar-refractivity contribution >= 4 is 27.2 Å². The molecule has 1 aromatic heterocycles. The van der Waals surface area contributed by atoms with Gasteiger partial charge in [0.05, 0.1) is 15.7 Å². The third-order valence-corrected chi connectivity index (χ3v) is 3.62. The van der Waals surface area contributed by atoms with Crippen molar-refractivity contribution in [2.24, 2.45) is 0 Å². The summed E-state index contributed by atoms with van der Waals surface area (Å²) in [5.41, 5.74) is 6.51. The molecule has 0 aliphatic rings. The molecule has 17 heavy (non-hydrogen) atoms. The summed E-state index contributed by atoms with van der Waals surface area (Å²) in [4.78, 5) is 4.35. The molecule has 1 heterocycles. The molecule has 0 saturated heterocycles. The van der Waals surface area contributed by atoms with E-state index < -0.39 is 0 Å². The van der Waals surface area contributed by atoms with Crippen LogP contribution in [0.5, 0.6) is 0 Å². The summed E-state index contributed by atoms with van der Waals surface area (Å²) < 4.78 is 1.23. The van der Waals surface area contributed by atoms with Crippen LogP contribution in [0, 0.1) is 0 Å². The predicted molar refractivity (Wildman–Crippen MR) is 74.6 cm³/mol. The average Bonchev–Trinajstić information content (AvgIpc) is 2.86. The van der Waals surface area contributed by atoms with Crippen LogP contribution in [0.15, 0.2) is 48.0 Å². The summed E-state index contributed by atoms with van der Waals surface area (Å²) in [6.07, 6.45) is 0. The number of rotatable bonds is 2. The Morgan fingerprint density at radius 2 is 1.94 bits per heavy atom. The van der Waals surface area contributed by atoms with Crippen LogP contribution in [0.1, 0.15) is 0 Å². The number of benzene rings is 2. The Balaban J connectivity index is 2.12. The third kappa shape index (κ3) is 1.89. The Morgan fingerprint density at radius 3 is 2.82 bits per heavy atom. The molecule has 3 heteroatoms. The second-order valence-corrected chi connectivity index (χ2v) is 4.75. The smallest absolute Gasteiger partial charge is 0.0818 e. The molecule has 0 spiro atoms. The molecule has 3 rings (SSSR count). The van der Waals surface area contributed by atoms with E-state index in [2.05, 4.69) is 52.8 Å². The van der Waals surface area contributed by atoms with Gasteiger partial charge < -0.3 is 5.32 Å². The van der Waals surface area contributed by atoms with Gasteiger partial charge in [-0.05, 0) is 35.4 Å². The van der Waals surface area contributed by atoms with Crippen molar-refractivity contribution in [3.05, 3.63) is 48.0 Å². The number of nitrogens with zero attached hydrogens (tertiary/aromatic N) is 1. The largest absolute Gasteiger partial charge is 0.388 e. The van der Waals surface area contributed by atoms with Crippen LogP contribution in [-0.4, -0.2) is 12.0 Å². The van der Waals surface area contributed by atoms with Crippen molar-refractivity contribution in [3.63, 3.8) is 0 Å². The molecule has 1 N–H and O–H groups in total. The number of anilines is 1. The van der Waals surface area contributed by atoms with E-state index in [-0.39, 0.29) is 0 Å². The van der Waals surface area contributed by atoms with Crippen molar-refractivity contribution in [2.75, 3.05) is 12.4 Å². The highest BCUT2D eigenvalue weighted by atomic mass is 32.1. The fourth-order valence-corrected chi connectivity index (χ4v) is 2.55. The molecule has 0 saturated carbocycles. The number of thiazole rings is 1. The van der Waals surface area contributed by atoms with Gasteiger partial charge in [-0.3, -0.25) is 0 Å². The lowest BCUT2D eigenvalue weighted by Crippen LogP contribution is -1.87. The maximum Gasteiger partial charge on any atom is 0.0818 e. The first-order valence-electron chi connectivity index (χ1n) is 5.48. The van der Waals surface area contributed by atoms with E-state index in [1.807, 2.05) is 12.6 Å². The second-order valence-electron chi connectivity index (χ2n) is 3.87. The number of aromatic nitrogens is 1. The van der Waals surface area contributed by atoms with Gasteiger partial charge in [-0.1, -0.05) is 18.2 Å². The fraction of sp³-hybridized carbons (Fsp3) is 0.0714. The summed E-state index contributed by atoms with van der Waals surface area (Å²) >= 11 is 1.68. The molecule has 0 bridgehead atoms. The van der Waals surface area contributed by atoms with Crippen LogP contribution in [-0.2, 0) is 0 Å². The molecular weight excluding hydrogens is 228 g/mol. The maximum atomic E-state index is 4.35. The Bertz CT molecular complexity index is 658. The summed E-state index contributed by atoms with van der Waals surface area (Å²) in [6.45, 7) is 0. The zero-order valence-corrected chi connectivity index (χ0v) is 10.3. The first-order valence-corrected chi connectivity index (χ1v) is 6.36. The van der Waals surface area contributed by atoms with E-state index in [0.29, 0.717) is 0 Å². The molecule has 3 aromatic rings. The van der Waals surface area contributed by atoms with E-state index in [4.69, 9.17) is 0 Å². The third-order valence-electron chi connectivity index (χ3n) is 2.81. The number of nitrogens with one attached hydrogen (secondary N) is 1. The molecule has 0 unspecified atom stereocenters. The van der Waals surface area contributed by atoms with Gasteiger partial charge in [-0.25, -0.2) is 4.98 Å². The first-order chi connectivity index (χ1) is 8.36. The second kappa shape index (κ2) is 4.18. The highest BCUT2D eigenvalue weighted by molar-refractivity contribution is 7.16. The van der Waals surface area contributed by atoms with E-state index >= 15 is 0 Å². The Kier molecular flexibility index (Phi) is 2.53. The van der Waals surface area contributed by atoms with Gasteiger partial charge in [-0.2, -0.15) is 0 Å². The zero-order valence-electron chi connectivity index (χ0n) is 9.47. The van der Waals surface area contributed by atoms with Gasteiger partial charge in [0.2, 0.25) is 0 Å². The predicted octanol–water partition coefficient (Wildman–Crippen LogP) is 4.01. The normalized spacial score (nSPS) is 10.6.